The number of fused-ring (bicyclic) bond motifs is 6. The first-order chi connectivity index (χ1) is 24.8. The maximum absolute atomic E-state index is 2.39. The van der Waals surface area contributed by atoms with E-state index in [1.54, 1.807) is 0 Å². The molecule has 0 heteroatoms. The molecule has 0 unspecified atom stereocenters. The fourth-order valence-electron chi connectivity index (χ4n) is 8.10. The Hall–Kier alpha value is -6.50. The largest absolute Gasteiger partial charge is 0.0616 e. The van der Waals surface area contributed by atoms with Crippen LogP contribution in [0, 0.1) is 0 Å². The lowest BCUT2D eigenvalue weighted by Gasteiger charge is -2.20. The van der Waals surface area contributed by atoms with Crippen molar-refractivity contribution in [2.45, 2.75) is 0 Å². The first-order valence-corrected chi connectivity index (χ1v) is 17.3. The van der Waals surface area contributed by atoms with Crippen molar-refractivity contribution in [3.05, 3.63) is 194 Å². The monoisotopic (exact) mass is 632 g/mol. The highest BCUT2D eigenvalue weighted by atomic mass is 14.2. The van der Waals surface area contributed by atoms with Crippen LogP contribution in [0.1, 0.15) is 0 Å². The molecule has 0 aliphatic carbocycles. The highest BCUT2D eigenvalue weighted by molar-refractivity contribution is 6.28. The quantitative estimate of drug-likeness (QED) is 0.134. The highest BCUT2D eigenvalue weighted by Crippen LogP contribution is 2.47. The average Bonchev–Trinajstić information content (AvgIpc) is 3.19. The van der Waals surface area contributed by atoms with Gasteiger partial charge in [0.15, 0.2) is 0 Å². The Balaban J connectivity index is 1.26. The van der Waals surface area contributed by atoms with Gasteiger partial charge in [-0.25, -0.2) is 0 Å². The molecule has 0 atom stereocenters. The minimum atomic E-state index is 1.22. The number of hydrogen-bond donors (Lipinski definition) is 0. The topological polar surface area (TPSA) is 0 Å². The van der Waals surface area contributed by atoms with Crippen LogP contribution in [0.25, 0.3) is 98.4 Å². The van der Waals surface area contributed by atoms with Crippen molar-refractivity contribution in [1.29, 1.82) is 0 Å². The van der Waals surface area contributed by atoms with Crippen LogP contribution in [0.4, 0.5) is 0 Å². The van der Waals surface area contributed by atoms with Crippen LogP contribution in [0.2, 0.25) is 0 Å². The number of hydrogen-bond acceptors (Lipinski definition) is 0. The molecular formula is C50H32. The second-order valence-electron chi connectivity index (χ2n) is 13.3. The Labute approximate surface area is 291 Å². The standard InChI is InChI=1S/C50H32/c1-2-15-36-30-38(27-26-33(36)12-1)37-17-9-20-41(31-37)49-46-24-8-7-23-45(46)48(47-29-28-35-14-4-6-22-44(35)50(47)49)40-19-10-18-39(32-40)43-25-11-16-34-13-3-5-21-42(34)43/h1-32H. The molecule has 0 spiro atoms. The molecule has 0 bridgehead atoms. The third-order valence-corrected chi connectivity index (χ3v) is 10.4. The summed E-state index contributed by atoms with van der Waals surface area (Å²) in [5.74, 6) is 0. The molecule has 10 aromatic rings. The van der Waals surface area contributed by atoms with Gasteiger partial charge in [0, 0.05) is 0 Å². The van der Waals surface area contributed by atoms with Crippen LogP contribution < -0.4 is 0 Å². The molecule has 0 N–H and O–H groups in total. The predicted octanol–water partition coefficient (Wildman–Crippen LogP) is 14.1. The fraction of sp³-hybridized carbons (Fsp3) is 0. The van der Waals surface area contributed by atoms with Gasteiger partial charge >= 0.3 is 0 Å². The first-order valence-electron chi connectivity index (χ1n) is 17.3. The van der Waals surface area contributed by atoms with Crippen LogP contribution >= 0.6 is 0 Å². The minimum absolute atomic E-state index is 1.22. The Kier molecular flexibility index (Phi) is 6.60. The number of rotatable bonds is 4. The van der Waals surface area contributed by atoms with Gasteiger partial charge in [-0.1, -0.05) is 176 Å². The van der Waals surface area contributed by atoms with Crippen molar-refractivity contribution < 1.29 is 0 Å². The summed E-state index contributed by atoms with van der Waals surface area (Å²) < 4.78 is 0. The molecule has 0 amide bonds. The van der Waals surface area contributed by atoms with Gasteiger partial charge in [0.1, 0.15) is 0 Å². The average molecular weight is 633 g/mol. The maximum atomic E-state index is 2.39. The van der Waals surface area contributed by atoms with E-state index in [9.17, 15) is 0 Å². The Morgan fingerprint density at radius 2 is 0.720 bits per heavy atom. The van der Waals surface area contributed by atoms with Crippen LogP contribution in [-0.4, -0.2) is 0 Å². The molecule has 0 aromatic heterocycles. The molecule has 0 aliphatic rings. The molecule has 0 saturated carbocycles. The molecule has 0 radical (unpaired) electrons. The molecule has 0 saturated heterocycles. The highest BCUT2D eigenvalue weighted by Gasteiger charge is 2.19. The molecule has 0 nitrogen and oxygen atoms in total. The van der Waals surface area contributed by atoms with E-state index < -0.39 is 0 Å². The second kappa shape index (κ2) is 11.6. The summed E-state index contributed by atoms with van der Waals surface area (Å²) in [6.45, 7) is 0. The van der Waals surface area contributed by atoms with Gasteiger partial charge in [0.05, 0.1) is 0 Å². The van der Waals surface area contributed by atoms with E-state index >= 15 is 0 Å². The zero-order valence-electron chi connectivity index (χ0n) is 27.5. The van der Waals surface area contributed by atoms with Gasteiger partial charge in [0.25, 0.3) is 0 Å². The Bertz CT molecular complexity index is 2920. The molecule has 0 heterocycles. The lowest BCUT2D eigenvalue weighted by atomic mass is 9.83. The van der Waals surface area contributed by atoms with E-state index in [0.29, 0.717) is 0 Å². The van der Waals surface area contributed by atoms with Crippen LogP contribution in [0.15, 0.2) is 194 Å². The summed E-state index contributed by atoms with van der Waals surface area (Å²) in [5.41, 5.74) is 9.94. The van der Waals surface area contributed by atoms with E-state index in [2.05, 4.69) is 194 Å². The van der Waals surface area contributed by atoms with Crippen molar-refractivity contribution in [1.82, 2.24) is 0 Å². The maximum Gasteiger partial charge on any atom is -0.00141 e. The van der Waals surface area contributed by atoms with Crippen molar-refractivity contribution in [2.75, 3.05) is 0 Å². The number of benzene rings is 10. The summed E-state index contributed by atoms with van der Waals surface area (Å²) in [4.78, 5) is 0. The molecule has 0 fully saturated rings. The van der Waals surface area contributed by atoms with Crippen molar-refractivity contribution in [3.8, 4) is 44.5 Å². The predicted molar refractivity (Wildman–Crippen MR) is 216 cm³/mol. The molecule has 50 heavy (non-hydrogen) atoms. The summed E-state index contributed by atoms with van der Waals surface area (Å²) >= 11 is 0. The summed E-state index contributed by atoms with van der Waals surface area (Å²) in [6.07, 6.45) is 0. The van der Waals surface area contributed by atoms with E-state index in [-0.39, 0.29) is 0 Å². The van der Waals surface area contributed by atoms with Crippen LogP contribution in [-0.2, 0) is 0 Å². The van der Waals surface area contributed by atoms with Crippen LogP contribution in [0.5, 0.6) is 0 Å². The smallest absolute Gasteiger partial charge is 0.00141 e. The molecule has 232 valence electrons. The first kappa shape index (κ1) is 28.5. The van der Waals surface area contributed by atoms with Gasteiger partial charge in [0.2, 0.25) is 0 Å². The SMILES string of the molecule is c1cc(-c2cccc3ccccc23)cc(-c2c3ccccc3c(-c3cccc(-c4ccc5ccccc5c4)c3)c3c2ccc2ccccc23)c1. The normalized spacial score (nSPS) is 11.6. The summed E-state index contributed by atoms with van der Waals surface area (Å²) in [7, 11) is 0. The van der Waals surface area contributed by atoms with Gasteiger partial charge in [-0.3, -0.25) is 0 Å². The van der Waals surface area contributed by atoms with Gasteiger partial charge in [-0.2, -0.15) is 0 Å². The molecular weight excluding hydrogens is 601 g/mol. The summed E-state index contributed by atoms with van der Waals surface area (Å²) in [5, 5.41) is 12.7. The van der Waals surface area contributed by atoms with E-state index in [4.69, 9.17) is 0 Å². The van der Waals surface area contributed by atoms with E-state index in [0.717, 1.165) is 0 Å². The van der Waals surface area contributed by atoms with Gasteiger partial charge < -0.3 is 0 Å². The van der Waals surface area contributed by atoms with E-state index in [1.807, 2.05) is 0 Å². The van der Waals surface area contributed by atoms with Crippen LogP contribution in [0.3, 0.4) is 0 Å². The fourth-order valence-corrected chi connectivity index (χ4v) is 8.10. The zero-order valence-corrected chi connectivity index (χ0v) is 27.5. The zero-order chi connectivity index (χ0) is 33.0. The Morgan fingerprint density at radius 3 is 1.52 bits per heavy atom. The molecule has 10 aromatic carbocycles. The second-order valence-corrected chi connectivity index (χ2v) is 13.3. The molecule has 0 aliphatic heterocycles. The summed E-state index contributed by atoms with van der Waals surface area (Å²) in [6, 6.07) is 71.4. The Morgan fingerprint density at radius 1 is 0.220 bits per heavy atom. The third-order valence-electron chi connectivity index (χ3n) is 10.4. The van der Waals surface area contributed by atoms with Crippen molar-refractivity contribution >= 4 is 53.9 Å². The third kappa shape index (κ3) is 4.61. The van der Waals surface area contributed by atoms with Gasteiger partial charge in [-0.15, -0.1) is 0 Å². The van der Waals surface area contributed by atoms with Crippen molar-refractivity contribution in [3.63, 3.8) is 0 Å². The lowest BCUT2D eigenvalue weighted by Crippen LogP contribution is -1.93. The molecule has 10 rings (SSSR count). The lowest BCUT2D eigenvalue weighted by molar-refractivity contribution is 1.62. The minimum Gasteiger partial charge on any atom is -0.0616 e. The van der Waals surface area contributed by atoms with E-state index in [1.165, 1.54) is 98.4 Å². The van der Waals surface area contributed by atoms with Gasteiger partial charge in [-0.05, 0) is 117 Å². The van der Waals surface area contributed by atoms with Crippen molar-refractivity contribution in [2.24, 2.45) is 0 Å².